The van der Waals surface area contributed by atoms with Gasteiger partial charge in [-0.3, -0.25) is 0 Å². The van der Waals surface area contributed by atoms with E-state index < -0.39 is 10.0 Å². The molecule has 0 radical (unpaired) electrons. The van der Waals surface area contributed by atoms with Crippen LogP contribution in [0.25, 0.3) is 0 Å². The highest BCUT2D eigenvalue weighted by atomic mass is 32.2. The molecule has 0 spiro atoms. The highest BCUT2D eigenvalue weighted by Crippen LogP contribution is 2.23. The molecule has 1 aromatic rings. The minimum absolute atomic E-state index is 0.0355. The van der Waals surface area contributed by atoms with Gasteiger partial charge in [-0.15, -0.1) is 0 Å². The molecule has 6 heteroatoms. The fourth-order valence-electron chi connectivity index (χ4n) is 1.82. The molecular formula is C12H21N3O2S. The van der Waals surface area contributed by atoms with Gasteiger partial charge < -0.3 is 5.32 Å². The van der Waals surface area contributed by atoms with E-state index in [1.54, 1.807) is 19.2 Å². The van der Waals surface area contributed by atoms with Crippen LogP contribution in [0.15, 0.2) is 23.4 Å². The molecule has 102 valence electrons. The molecule has 1 heterocycles. The van der Waals surface area contributed by atoms with Gasteiger partial charge in [-0.05, 0) is 25.5 Å². The lowest BCUT2D eigenvalue weighted by atomic mass is 10.3. The molecule has 0 saturated carbocycles. The molecule has 1 N–H and O–H groups in total. The fourth-order valence-corrected chi connectivity index (χ4v) is 3.65. The van der Waals surface area contributed by atoms with Crippen molar-refractivity contribution in [1.29, 1.82) is 0 Å². The molecule has 1 atom stereocenters. The zero-order valence-corrected chi connectivity index (χ0v) is 12.2. The fraction of sp³-hybridized carbons (Fsp3) is 0.583. The Morgan fingerprint density at radius 1 is 1.44 bits per heavy atom. The van der Waals surface area contributed by atoms with Crippen molar-refractivity contribution in [3.05, 3.63) is 18.3 Å². The lowest BCUT2D eigenvalue weighted by Gasteiger charge is -2.26. The predicted molar refractivity (Wildman–Crippen MR) is 73.1 cm³/mol. The van der Waals surface area contributed by atoms with Gasteiger partial charge in [0.2, 0.25) is 0 Å². The van der Waals surface area contributed by atoms with E-state index in [1.807, 2.05) is 20.8 Å². The van der Waals surface area contributed by atoms with Crippen molar-refractivity contribution >= 4 is 15.7 Å². The van der Waals surface area contributed by atoms with Gasteiger partial charge >= 0.3 is 0 Å². The molecular weight excluding hydrogens is 250 g/mol. The van der Waals surface area contributed by atoms with E-state index >= 15 is 0 Å². The van der Waals surface area contributed by atoms with Gasteiger partial charge in [0, 0.05) is 25.8 Å². The average Bonchev–Trinajstić information content (AvgIpc) is 2.38. The van der Waals surface area contributed by atoms with Crippen LogP contribution in [-0.4, -0.2) is 37.3 Å². The van der Waals surface area contributed by atoms with Crippen molar-refractivity contribution in [2.45, 2.75) is 38.3 Å². The van der Waals surface area contributed by atoms with Gasteiger partial charge in [0.05, 0.1) is 5.69 Å². The standard InChI is InChI=1S/C12H21N3O2S/c1-5-10(3)15(6-2)18(16,17)12-11(13-4)8-7-9-14-12/h7-10,13H,5-6H2,1-4H3. The number of rotatable bonds is 6. The molecule has 0 saturated heterocycles. The second-order valence-electron chi connectivity index (χ2n) is 4.07. The maximum Gasteiger partial charge on any atom is 0.262 e. The van der Waals surface area contributed by atoms with Gasteiger partial charge in [-0.1, -0.05) is 13.8 Å². The molecule has 1 rings (SSSR count). The molecule has 0 aliphatic carbocycles. The first kappa shape index (κ1) is 14.9. The molecule has 0 fully saturated rings. The first-order chi connectivity index (χ1) is 8.48. The van der Waals surface area contributed by atoms with Crippen molar-refractivity contribution < 1.29 is 8.42 Å². The quantitative estimate of drug-likeness (QED) is 0.859. The first-order valence-corrected chi connectivity index (χ1v) is 7.57. The average molecular weight is 271 g/mol. The van der Waals surface area contributed by atoms with Crippen LogP contribution in [0, 0.1) is 0 Å². The Kier molecular flexibility index (Phi) is 5.10. The largest absolute Gasteiger partial charge is 0.386 e. The van der Waals surface area contributed by atoms with Crippen LogP contribution < -0.4 is 5.32 Å². The maximum atomic E-state index is 12.6. The number of hydrogen-bond donors (Lipinski definition) is 1. The highest BCUT2D eigenvalue weighted by Gasteiger charge is 2.29. The van der Waals surface area contributed by atoms with Crippen molar-refractivity contribution in [2.24, 2.45) is 0 Å². The summed E-state index contributed by atoms with van der Waals surface area (Å²) in [6, 6.07) is 3.39. The summed E-state index contributed by atoms with van der Waals surface area (Å²) in [4.78, 5) is 4.01. The first-order valence-electron chi connectivity index (χ1n) is 6.13. The van der Waals surface area contributed by atoms with Gasteiger partial charge in [-0.25, -0.2) is 13.4 Å². The van der Waals surface area contributed by atoms with Crippen molar-refractivity contribution in [2.75, 3.05) is 18.9 Å². The van der Waals surface area contributed by atoms with Gasteiger partial charge in [0.25, 0.3) is 10.0 Å². The SMILES string of the molecule is CCC(C)N(CC)S(=O)(=O)c1ncccc1NC. The maximum absolute atomic E-state index is 12.6. The lowest BCUT2D eigenvalue weighted by molar-refractivity contribution is 0.341. The summed E-state index contributed by atoms with van der Waals surface area (Å²) < 4.78 is 26.6. The van der Waals surface area contributed by atoms with Crippen molar-refractivity contribution in [3.63, 3.8) is 0 Å². The third kappa shape index (κ3) is 2.81. The monoisotopic (exact) mass is 271 g/mol. The minimum Gasteiger partial charge on any atom is -0.386 e. The van der Waals surface area contributed by atoms with E-state index in [2.05, 4.69) is 10.3 Å². The number of pyridine rings is 1. The zero-order valence-electron chi connectivity index (χ0n) is 11.3. The molecule has 0 bridgehead atoms. The Morgan fingerprint density at radius 3 is 2.61 bits per heavy atom. The third-order valence-electron chi connectivity index (χ3n) is 2.99. The Hall–Kier alpha value is -1.14. The molecule has 5 nitrogen and oxygen atoms in total. The van der Waals surface area contributed by atoms with Crippen LogP contribution in [0.5, 0.6) is 0 Å². The number of anilines is 1. The summed E-state index contributed by atoms with van der Waals surface area (Å²) in [7, 11) is -1.86. The third-order valence-corrected chi connectivity index (χ3v) is 5.04. The van der Waals surface area contributed by atoms with Crippen LogP contribution in [-0.2, 0) is 10.0 Å². The molecule has 0 amide bonds. The minimum atomic E-state index is -3.55. The van der Waals surface area contributed by atoms with Gasteiger partial charge in [0.1, 0.15) is 0 Å². The topological polar surface area (TPSA) is 62.3 Å². The Morgan fingerprint density at radius 2 is 2.11 bits per heavy atom. The summed E-state index contributed by atoms with van der Waals surface area (Å²) in [5.74, 6) is 0. The molecule has 1 unspecified atom stereocenters. The van der Waals surface area contributed by atoms with E-state index in [4.69, 9.17) is 0 Å². The zero-order chi connectivity index (χ0) is 13.8. The summed E-state index contributed by atoms with van der Waals surface area (Å²) >= 11 is 0. The lowest BCUT2D eigenvalue weighted by Crippen LogP contribution is -2.38. The number of aromatic nitrogens is 1. The molecule has 0 aliphatic rings. The van der Waals surface area contributed by atoms with E-state index in [1.165, 1.54) is 10.5 Å². The normalized spacial score (nSPS) is 13.6. The summed E-state index contributed by atoms with van der Waals surface area (Å²) in [6.07, 6.45) is 2.27. The number of nitrogens with one attached hydrogen (secondary N) is 1. The van der Waals surface area contributed by atoms with E-state index in [-0.39, 0.29) is 11.1 Å². The van der Waals surface area contributed by atoms with Gasteiger partial charge in [0.15, 0.2) is 5.03 Å². The van der Waals surface area contributed by atoms with Crippen LogP contribution >= 0.6 is 0 Å². The van der Waals surface area contributed by atoms with Crippen LogP contribution in [0.1, 0.15) is 27.2 Å². The van der Waals surface area contributed by atoms with Crippen LogP contribution in [0.2, 0.25) is 0 Å². The summed E-state index contributed by atoms with van der Waals surface area (Å²) in [5, 5.41) is 2.96. The molecule has 0 aromatic carbocycles. The smallest absolute Gasteiger partial charge is 0.262 e. The number of hydrogen-bond acceptors (Lipinski definition) is 4. The second-order valence-corrected chi connectivity index (χ2v) is 5.88. The Balaban J connectivity index is 3.27. The summed E-state index contributed by atoms with van der Waals surface area (Å²) in [6.45, 7) is 6.16. The highest BCUT2D eigenvalue weighted by molar-refractivity contribution is 7.89. The van der Waals surface area contributed by atoms with E-state index in [0.717, 1.165) is 6.42 Å². The number of sulfonamides is 1. The van der Waals surface area contributed by atoms with Crippen LogP contribution in [0.3, 0.4) is 0 Å². The van der Waals surface area contributed by atoms with E-state index in [0.29, 0.717) is 12.2 Å². The molecule has 1 aromatic heterocycles. The predicted octanol–water partition coefficient (Wildman–Crippen LogP) is 1.93. The summed E-state index contributed by atoms with van der Waals surface area (Å²) in [5.41, 5.74) is 0.527. The van der Waals surface area contributed by atoms with E-state index in [9.17, 15) is 8.42 Å². The molecule has 0 aliphatic heterocycles. The van der Waals surface area contributed by atoms with Crippen molar-refractivity contribution in [1.82, 2.24) is 9.29 Å². The number of nitrogens with zero attached hydrogens (tertiary/aromatic N) is 2. The van der Waals surface area contributed by atoms with Crippen molar-refractivity contribution in [3.8, 4) is 0 Å². The van der Waals surface area contributed by atoms with Crippen LogP contribution in [0.4, 0.5) is 5.69 Å². The Bertz CT molecular complexity index is 488. The Labute approximate surface area is 109 Å². The second kappa shape index (κ2) is 6.15. The van der Waals surface area contributed by atoms with Gasteiger partial charge in [-0.2, -0.15) is 4.31 Å². The molecule has 18 heavy (non-hydrogen) atoms.